The minimum atomic E-state index is -1.16. The number of aromatic amines is 1. The molecule has 1 aromatic carbocycles. The summed E-state index contributed by atoms with van der Waals surface area (Å²) in [5.74, 6) is -2.00. The van der Waals surface area contributed by atoms with Crippen molar-refractivity contribution in [3.8, 4) is 0 Å². The maximum atomic E-state index is 12.9. The molecule has 0 saturated heterocycles. The van der Waals surface area contributed by atoms with Crippen LogP contribution in [0.1, 0.15) is 31.5 Å². The maximum absolute atomic E-state index is 12.9. The van der Waals surface area contributed by atoms with E-state index >= 15 is 0 Å². The molecule has 0 saturated carbocycles. The number of benzene rings is 1. The van der Waals surface area contributed by atoms with E-state index in [0.717, 1.165) is 5.56 Å². The molecule has 9 nitrogen and oxygen atoms in total. The van der Waals surface area contributed by atoms with Crippen LogP contribution < -0.4 is 16.4 Å². The highest BCUT2D eigenvalue weighted by molar-refractivity contribution is 5.92. The van der Waals surface area contributed by atoms with Gasteiger partial charge in [-0.15, -0.1) is 0 Å². The minimum Gasteiger partial charge on any atom is -0.480 e. The van der Waals surface area contributed by atoms with E-state index in [9.17, 15) is 19.5 Å². The van der Waals surface area contributed by atoms with Crippen LogP contribution >= 0.6 is 0 Å². The average molecular weight is 415 g/mol. The number of H-pyrrole nitrogens is 1. The number of carbonyl (C=O) groups is 3. The van der Waals surface area contributed by atoms with Gasteiger partial charge in [-0.1, -0.05) is 44.2 Å². The van der Waals surface area contributed by atoms with Crippen LogP contribution in [0, 0.1) is 5.92 Å². The lowest BCUT2D eigenvalue weighted by atomic mass is 10.0. The van der Waals surface area contributed by atoms with Gasteiger partial charge in [0.1, 0.15) is 12.1 Å². The first-order valence-electron chi connectivity index (χ1n) is 9.86. The predicted octanol–water partition coefficient (Wildman–Crippen LogP) is 0.623. The first kappa shape index (κ1) is 23.1. The molecule has 0 unspecified atom stereocenters. The Morgan fingerprint density at radius 3 is 2.30 bits per heavy atom. The van der Waals surface area contributed by atoms with E-state index in [-0.39, 0.29) is 18.8 Å². The molecule has 0 aliphatic rings. The summed E-state index contributed by atoms with van der Waals surface area (Å²) in [4.78, 5) is 43.9. The van der Waals surface area contributed by atoms with Gasteiger partial charge in [0, 0.05) is 24.7 Å². The van der Waals surface area contributed by atoms with Crippen LogP contribution in [0.2, 0.25) is 0 Å². The van der Waals surface area contributed by atoms with Gasteiger partial charge in [-0.2, -0.15) is 0 Å². The lowest BCUT2D eigenvalue weighted by Crippen LogP contribution is -2.55. The second-order valence-electron chi connectivity index (χ2n) is 7.67. The van der Waals surface area contributed by atoms with Gasteiger partial charge in [0.2, 0.25) is 11.8 Å². The number of carboxylic acid groups (broad SMARTS) is 1. The lowest BCUT2D eigenvalue weighted by Gasteiger charge is -2.23. The van der Waals surface area contributed by atoms with Gasteiger partial charge in [-0.3, -0.25) is 9.59 Å². The molecule has 3 atom stereocenters. The summed E-state index contributed by atoms with van der Waals surface area (Å²) in [6.45, 7) is 3.89. The summed E-state index contributed by atoms with van der Waals surface area (Å²) < 4.78 is 0. The van der Waals surface area contributed by atoms with Gasteiger partial charge in [-0.25, -0.2) is 9.78 Å². The summed E-state index contributed by atoms with van der Waals surface area (Å²) >= 11 is 0. The molecule has 9 heteroatoms. The molecule has 162 valence electrons. The number of hydrogen-bond donors (Lipinski definition) is 5. The van der Waals surface area contributed by atoms with E-state index in [1.54, 1.807) is 30.5 Å². The zero-order valence-corrected chi connectivity index (χ0v) is 17.2. The number of hydrogen-bond acceptors (Lipinski definition) is 5. The zero-order valence-electron chi connectivity index (χ0n) is 17.2. The van der Waals surface area contributed by atoms with E-state index in [1.165, 1.54) is 6.33 Å². The zero-order chi connectivity index (χ0) is 22.1. The molecular weight excluding hydrogens is 386 g/mol. The van der Waals surface area contributed by atoms with Crippen molar-refractivity contribution in [1.29, 1.82) is 0 Å². The molecule has 2 amide bonds. The Morgan fingerprint density at radius 1 is 1.07 bits per heavy atom. The lowest BCUT2D eigenvalue weighted by molar-refractivity contribution is -0.142. The first-order chi connectivity index (χ1) is 14.3. The number of aliphatic carboxylic acids is 1. The number of aromatic nitrogens is 2. The molecule has 1 heterocycles. The highest BCUT2D eigenvalue weighted by Crippen LogP contribution is 2.07. The fourth-order valence-electron chi connectivity index (χ4n) is 3.04. The van der Waals surface area contributed by atoms with Crippen molar-refractivity contribution >= 4 is 17.8 Å². The number of imidazole rings is 1. The van der Waals surface area contributed by atoms with Crippen molar-refractivity contribution in [2.24, 2.45) is 11.7 Å². The smallest absolute Gasteiger partial charge is 0.326 e. The Labute approximate surface area is 175 Å². The molecule has 0 radical (unpaired) electrons. The number of carboxylic acids is 1. The van der Waals surface area contributed by atoms with Crippen molar-refractivity contribution in [3.63, 3.8) is 0 Å². The van der Waals surface area contributed by atoms with Crippen LogP contribution in [-0.4, -0.2) is 51.0 Å². The largest absolute Gasteiger partial charge is 0.480 e. The molecule has 2 rings (SSSR count). The second kappa shape index (κ2) is 11.1. The van der Waals surface area contributed by atoms with Crippen molar-refractivity contribution in [3.05, 3.63) is 54.1 Å². The highest BCUT2D eigenvalue weighted by Gasteiger charge is 2.28. The van der Waals surface area contributed by atoms with Gasteiger partial charge in [0.15, 0.2) is 0 Å². The molecule has 0 bridgehead atoms. The molecule has 1 aromatic heterocycles. The molecule has 30 heavy (non-hydrogen) atoms. The SMILES string of the molecule is CC(C)C[C@H](N)C(=O)N[C@@H](Cc1cnc[nH]1)C(=O)N[C@@H](Cc1ccccc1)C(=O)O. The quantitative estimate of drug-likeness (QED) is 0.363. The number of nitrogens with two attached hydrogens (primary N) is 1. The van der Waals surface area contributed by atoms with Crippen molar-refractivity contribution in [2.45, 2.75) is 51.2 Å². The van der Waals surface area contributed by atoms with Crippen molar-refractivity contribution < 1.29 is 19.5 Å². The number of nitrogens with one attached hydrogen (secondary N) is 3. The summed E-state index contributed by atoms with van der Waals surface area (Å²) in [6.07, 6.45) is 3.73. The van der Waals surface area contributed by atoms with E-state index in [4.69, 9.17) is 5.73 Å². The number of amides is 2. The third-order valence-corrected chi connectivity index (χ3v) is 4.57. The van der Waals surface area contributed by atoms with E-state index < -0.39 is 35.9 Å². The highest BCUT2D eigenvalue weighted by atomic mass is 16.4. The monoisotopic (exact) mass is 415 g/mol. The Balaban J connectivity index is 2.11. The van der Waals surface area contributed by atoms with Crippen LogP contribution in [0.15, 0.2) is 42.9 Å². The van der Waals surface area contributed by atoms with Crippen molar-refractivity contribution in [1.82, 2.24) is 20.6 Å². The van der Waals surface area contributed by atoms with Crippen LogP contribution in [0.5, 0.6) is 0 Å². The summed E-state index contributed by atoms with van der Waals surface area (Å²) in [5.41, 5.74) is 7.34. The van der Waals surface area contributed by atoms with Crippen LogP contribution in [0.4, 0.5) is 0 Å². The molecule has 0 fully saturated rings. The van der Waals surface area contributed by atoms with E-state index in [1.807, 2.05) is 19.9 Å². The first-order valence-corrected chi connectivity index (χ1v) is 9.86. The molecule has 0 aliphatic heterocycles. The van der Waals surface area contributed by atoms with Gasteiger partial charge >= 0.3 is 5.97 Å². The minimum absolute atomic E-state index is 0.125. The number of rotatable bonds is 11. The Hall–Kier alpha value is -3.20. The topological polar surface area (TPSA) is 150 Å². The number of nitrogens with zero attached hydrogens (tertiary/aromatic N) is 1. The fourth-order valence-corrected chi connectivity index (χ4v) is 3.04. The normalized spacial score (nSPS) is 14.0. The molecular formula is C21H29N5O4. The summed E-state index contributed by atoms with van der Waals surface area (Å²) in [7, 11) is 0. The van der Waals surface area contributed by atoms with E-state index in [0.29, 0.717) is 12.1 Å². The van der Waals surface area contributed by atoms with Gasteiger partial charge in [0.05, 0.1) is 12.4 Å². The fraction of sp³-hybridized carbons (Fsp3) is 0.429. The van der Waals surface area contributed by atoms with Crippen LogP contribution in [0.3, 0.4) is 0 Å². The Bertz CT molecular complexity index is 823. The Kier molecular flexibility index (Phi) is 8.54. The second-order valence-corrected chi connectivity index (χ2v) is 7.67. The van der Waals surface area contributed by atoms with E-state index in [2.05, 4.69) is 20.6 Å². The van der Waals surface area contributed by atoms with Crippen LogP contribution in [0.25, 0.3) is 0 Å². The molecule has 0 aliphatic carbocycles. The predicted molar refractivity (Wildman–Crippen MR) is 111 cm³/mol. The van der Waals surface area contributed by atoms with Crippen molar-refractivity contribution in [2.75, 3.05) is 0 Å². The molecule has 2 aromatic rings. The molecule has 0 spiro atoms. The van der Waals surface area contributed by atoms with Gasteiger partial charge in [0.25, 0.3) is 0 Å². The summed E-state index contributed by atoms with van der Waals surface area (Å²) in [6, 6.07) is 6.11. The summed E-state index contributed by atoms with van der Waals surface area (Å²) in [5, 5.41) is 14.7. The third-order valence-electron chi connectivity index (χ3n) is 4.57. The van der Waals surface area contributed by atoms with Crippen LogP contribution in [-0.2, 0) is 27.2 Å². The van der Waals surface area contributed by atoms with Gasteiger partial charge in [-0.05, 0) is 17.9 Å². The molecule has 6 N–H and O–H groups in total. The number of carbonyl (C=O) groups excluding carboxylic acids is 2. The third kappa shape index (κ3) is 7.32. The average Bonchev–Trinajstić information content (AvgIpc) is 3.20. The van der Waals surface area contributed by atoms with Gasteiger partial charge < -0.3 is 26.5 Å². The maximum Gasteiger partial charge on any atom is 0.326 e. The standard InChI is InChI=1S/C21H29N5O4/c1-13(2)8-16(22)19(27)25-17(10-15-11-23-12-24-15)20(28)26-18(21(29)30)9-14-6-4-3-5-7-14/h3-7,11-13,16-18H,8-10,22H2,1-2H3,(H,23,24)(H,25,27)(H,26,28)(H,29,30)/t16-,17-,18-/m0/s1. The Morgan fingerprint density at radius 2 is 1.73 bits per heavy atom.